The largest absolute Gasteiger partial charge is 0.486 e. The number of hydrogen-bond donors (Lipinski definition) is 1. The van der Waals surface area contributed by atoms with Crippen molar-refractivity contribution in [3.8, 4) is 5.75 Å². The van der Waals surface area contributed by atoms with Crippen molar-refractivity contribution < 1.29 is 31.6 Å². The van der Waals surface area contributed by atoms with Crippen LogP contribution in [0.25, 0.3) is 0 Å². The first-order chi connectivity index (χ1) is 12.3. The molecule has 0 fully saturated rings. The van der Waals surface area contributed by atoms with Crippen LogP contribution in [-0.2, 0) is 14.3 Å². The Morgan fingerprint density at radius 2 is 1.96 bits per heavy atom. The number of aliphatic hydroxyl groups excluding tert-OH is 1. The summed E-state index contributed by atoms with van der Waals surface area (Å²) in [5, 5.41) is 10.2. The first kappa shape index (κ1) is 18.5. The van der Waals surface area contributed by atoms with Crippen LogP contribution in [0.1, 0.15) is 22.3 Å². The highest BCUT2D eigenvalue weighted by Gasteiger charge is 2.33. The highest BCUT2D eigenvalue weighted by Crippen LogP contribution is 2.29. The summed E-state index contributed by atoms with van der Waals surface area (Å²) in [6, 6.07) is 9.57. The van der Waals surface area contributed by atoms with Crippen LogP contribution >= 0.6 is 0 Å². The van der Waals surface area contributed by atoms with Crippen molar-refractivity contribution in [2.75, 3.05) is 6.61 Å². The molecule has 0 aromatic heterocycles. The number of carbonyl (C=O) groups is 1. The summed E-state index contributed by atoms with van der Waals surface area (Å²) in [4.78, 5) is 12.1. The Balaban J connectivity index is 1.67. The second-order valence-electron chi connectivity index (χ2n) is 6.04. The molecule has 138 valence electrons. The summed E-state index contributed by atoms with van der Waals surface area (Å²) < 4.78 is 47.9. The fourth-order valence-electron chi connectivity index (χ4n) is 2.57. The molecule has 0 saturated heterocycles. The second-order valence-corrected chi connectivity index (χ2v) is 7.66. The van der Waals surface area contributed by atoms with Gasteiger partial charge >= 0.3 is 0 Å². The molecule has 2 atom stereocenters. The molecule has 0 unspecified atom stereocenters. The van der Waals surface area contributed by atoms with Crippen LogP contribution in [0.5, 0.6) is 5.75 Å². The summed E-state index contributed by atoms with van der Waals surface area (Å²) in [7, 11) is -4.04. The van der Waals surface area contributed by atoms with E-state index in [1.165, 1.54) is 18.2 Å². The molecule has 1 aliphatic rings. The third-order valence-corrected chi connectivity index (χ3v) is 5.34. The predicted molar refractivity (Wildman–Crippen MR) is 90.1 cm³/mol. The minimum Gasteiger partial charge on any atom is -0.486 e. The van der Waals surface area contributed by atoms with E-state index in [-0.39, 0.29) is 22.6 Å². The fourth-order valence-corrected chi connectivity index (χ4v) is 3.50. The molecular weight excluding hydrogens is 363 g/mol. The molecule has 2 aromatic carbocycles. The van der Waals surface area contributed by atoms with E-state index < -0.39 is 40.5 Å². The van der Waals surface area contributed by atoms with Crippen molar-refractivity contribution in [2.24, 2.45) is 0 Å². The van der Waals surface area contributed by atoms with E-state index in [1.54, 1.807) is 12.1 Å². The van der Waals surface area contributed by atoms with Gasteiger partial charge in [-0.2, -0.15) is 8.42 Å². The number of rotatable bonds is 5. The number of hydrogen-bond acceptors (Lipinski definition) is 6. The Hall–Kier alpha value is -2.29. The molecule has 6 nitrogen and oxygen atoms in total. The smallest absolute Gasteiger partial charge is 0.297 e. The monoisotopic (exact) mass is 380 g/mol. The van der Waals surface area contributed by atoms with E-state index in [4.69, 9.17) is 8.92 Å². The summed E-state index contributed by atoms with van der Waals surface area (Å²) in [6.07, 6.45) is -2.53. The molecule has 0 amide bonds. The average molecular weight is 380 g/mol. The highest BCUT2D eigenvalue weighted by molar-refractivity contribution is 7.86. The number of aliphatic hydroxyl groups is 1. The molecule has 1 aliphatic heterocycles. The van der Waals surface area contributed by atoms with Gasteiger partial charge in [0.15, 0.2) is 5.78 Å². The van der Waals surface area contributed by atoms with Crippen molar-refractivity contribution in [1.82, 2.24) is 0 Å². The van der Waals surface area contributed by atoms with Gasteiger partial charge in [0.1, 0.15) is 23.8 Å². The Labute approximate surface area is 150 Å². The lowest BCUT2D eigenvalue weighted by Crippen LogP contribution is -2.40. The van der Waals surface area contributed by atoms with Gasteiger partial charge in [0.2, 0.25) is 0 Å². The van der Waals surface area contributed by atoms with Gasteiger partial charge in [0.05, 0.1) is 23.5 Å². The van der Waals surface area contributed by atoms with Gasteiger partial charge in [-0.1, -0.05) is 17.7 Å². The maximum Gasteiger partial charge on any atom is 0.297 e. The topological polar surface area (TPSA) is 89.9 Å². The first-order valence-corrected chi connectivity index (χ1v) is 9.30. The molecule has 0 radical (unpaired) electrons. The zero-order chi connectivity index (χ0) is 18.9. The van der Waals surface area contributed by atoms with Gasteiger partial charge in [0, 0.05) is 0 Å². The number of Topliss-reactive ketones (excluding diaryl/α,β-unsaturated/α-hetero) is 1. The number of fused-ring (bicyclic) bond motifs is 1. The van der Waals surface area contributed by atoms with E-state index in [9.17, 15) is 22.7 Å². The van der Waals surface area contributed by atoms with Gasteiger partial charge in [-0.3, -0.25) is 8.98 Å². The Kier molecular flexibility index (Phi) is 5.08. The summed E-state index contributed by atoms with van der Waals surface area (Å²) >= 11 is 0. The lowest BCUT2D eigenvalue weighted by Gasteiger charge is -2.28. The van der Waals surface area contributed by atoms with Crippen LogP contribution in [0.3, 0.4) is 0 Å². The van der Waals surface area contributed by atoms with E-state index in [2.05, 4.69) is 0 Å². The SMILES string of the molecule is Cc1ccc(S(=O)(=O)OC[C@H](O)[C@H]2CC(=O)c3cc(F)ccc3O2)cc1. The number of ketones is 1. The molecule has 2 aromatic rings. The normalized spacial score (nSPS) is 18.1. The van der Waals surface area contributed by atoms with Crippen LogP contribution in [-0.4, -0.2) is 38.1 Å². The number of carbonyl (C=O) groups excluding carboxylic acids is 1. The number of ether oxygens (including phenoxy) is 1. The summed E-state index contributed by atoms with van der Waals surface area (Å²) in [6.45, 7) is 1.26. The third-order valence-electron chi connectivity index (χ3n) is 4.04. The van der Waals surface area contributed by atoms with Crippen molar-refractivity contribution in [3.63, 3.8) is 0 Å². The zero-order valence-corrected chi connectivity index (χ0v) is 14.7. The minimum atomic E-state index is -4.04. The summed E-state index contributed by atoms with van der Waals surface area (Å²) in [5.41, 5.74) is 0.995. The molecule has 3 rings (SSSR count). The molecule has 1 heterocycles. The number of benzene rings is 2. The molecule has 0 saturated carbocycles. The van der Waals surface area contributed by atoms with Gasteiger partial charge in [-0.25, -0.2) is 4.39 Å². The van der Waals surface area contributed by atoms with Crippen LogP contribution in [0, 0.1) is 12.7 Å². The maximum absolute atomic E-state index is 13.2. The lowest BCUT2D eigenvalue weighted by molar-refractivity contribution is 0.000495. The van der Waals surface area contributed by atoms with E-state index >= 15 is 0 Å². The van der Waals surface area contributed by atoms with E-state index in [1.807, 2.05) is 6.92 Å². The number of aryl methyl sites for hydroxylation is 1. The van der Waals surface area contributed by atoms with Crippen molar-refractivity contribution >= 4 is 15.9 Å². The quantitative estimate of drug-likeness (QED) is 0.800. The van der Waals surface area contributed by atoms with Crippen molar-refractivity contribution in [3.05, 3.63) is 59.4 Å². The summed E-state index contributed by atoms with van der Waals surface area (Å²) in [5.74, 6) is -0.809. The van der Waals surface area contributed by atoms with Gasteiger partial charge < -0.3 is 9.84 Å². The third kappa shape index (κ3) is 3.92. The predicted octanol–water partition coefficient (Wildman–Crippen LogP) is 2.23. The molecule has 0 bridgehead atoms. The number of halogens is 1. The molecule has 0 spiro atoms. The van der Waals surface area contributed by atoms with Crippen LogP contribution in [0.15, 0.2) is 47.4 Å². The molecule has 1 N–H and O–H groups in total. The van der Waals surface area contributed by atoms with Crippen LogP contribution in [0.2, 0.25) is 0 Å². The van der Waals surface area contributed by atoms with Crippen molar-refractivity contribution in [2.45, 2.75) is 30.4 Å². The maximum atomic E-state index is 13.2. The second kappa shape index (κ2) is 7.14. The Morgan fingerprint density at radius 1 is 1.27 bits per heavy atom. The van der Waals surface area contributed by atoms with Gasteiger partial charge in [-0.15, -0.1) is 0 Å². The average Bonchev–Trinajstić information content (AvgIpc) is 2.60. The zero-order valence-electron chi connectivity index (χ0n) is 13.9. The molecular formula is C18H17FO6S. The Bertz CT molecular complexity index is 923. The van der Waals surface area contributed by atoms with E-state index in [0.717, 1.165) is 17.7 Å². The highest BCUT2D eigenvalue weighted by atomic mass is 32.2. The molecule has 26 heavy (non-hydrogen) atoms. The van der Waals surface area contributed by atoms with Gasteiger partial charge in [-0.05, 0) is 37.3 Å². The van der Waals surface area contributed by atoms with Crippen LogP contribution in [0.4, 0.5) is 4.39 Å². The van der Waals surface area contributed by atoms with Crippen molar-refractivity contribution in [1.29, 1.82) is 0 Å². The fraction of sp³-hybridized carbons (Fsp3) is 0.278. The Morgan fingerprint density at radius 3 is 2.65 bits per heavy atom. The lowest BCUT2D eigenvalue weighted by atomic mass is 9.98. The van der Waals surface area contributed by atoms with Gasteiger partial charge in [0.25, 0.3) is 10.1 Å². The molecule has 0 aliphatic carbocycles. The molecule has 8 heteroatoms. The minimum absolute atomic E-state index is 0.0308. The van der Waals surface area contributed by atoms with E-state index in [0.29, 0.717) is 0 Å². The first-order valence-electron chi connectivity index (χ1n) is 7.90. The van der Waals surface area contributed by atoms with Crippen LogP contribution < -0.4 is 4.74 Å². The standard InChI is InChI=1S/C18H17FO6S/c1-11-2-5-13(6-3-11)26(22,23)24-10-16(21)18-9-15(20)14-8-12(19)4-7-17(14)25-18/h2-8,16,18,21H,9-10H2,1H3/t16-,18+/m0/s1.